The molecule has 2 nitrogen and oxygen atoms in total. The summed E-state index contributed by atoms with van der Waals surface area (Å²) in [5.41, 5.74) is 3.46. The SMILES string of the molecule is Cc1cccc(C(=O)Nc2ccccc2CCl)c1I. The van der Waals surface area contributed by atoms with Gasteiger partial charge in [-0.2, -0.15) is 0 Å². The van der Waals surface area contributed by atoms with Gasteiger partial charge in [0.2, 0.25) is 0 Å². The number of alkyl halides is 1. The van der Waals surface area contributed by atoms with Crippen molar-refractivity contribution in [2.24, 2.45) is 0 Å². The lowest BCUT2D eigenvalue weighted by Crippen LogP contribution is -2.15. The van der Waals surface area contributed by atoms with Crippen molar-refractivity contribution < 1.29 is 4.79 Å². The second-order valence-electron chi connectivity index (χ2n) is 4.18. The van der Waals surface area contributed by atoms with Crippen molar-refractivity contribution >= 4 is 45.8 Å². The Balaban J connectivity index is 2.28. The average Bonchev–Trinajstić information content (AvgIpc) is 2.42. The standard InChI is InChI=1S/C15H13ClINO/c1-10-5-4-7-12(14(10)17)15(19)18-13-8-3-2-6-11(13)9-16/h2-8H,9H2,1H3,(H,18,19). The lowest BCUT2D eigenvalue weighted by Gasteiger charge is -2.11. The number of para-hydroxylation sites is 1. The molecule has 2 rings (SSSR count). The average molecular weight is 386 g/mol. The highest BCUT2D eigenvalue weighted by atomic mass is 127. The summed E-state index contributed by atoms with van der Waals surface area (Å²) in [5.74, 6) is 0.270. The first-order chi connectivity index (χ1) is 9.13. The quantitative estimate of drug-likeness (QED) is 0.607. The van der Waals surface area contributed by atoms with Crippen molar-refractivity contribution in [2.75, 3.05) is 5.32 Å². The maximum absolute atomic E-state index is 12.3. The lowest BCUT2D eigenvalue weighted by atomic mass is 10.1. The monoisotopic (exact) mass is 385 g/mol. The van der Waals surface area contributed by atoms with Gasteiger partial charge in [0.1, 0.15) is 0 Å². The first kappa shape index (κ1) is 14.3. The third-order valence-corrected chi connectivity index (χ3v) is 4.57. The minimum Gasteiger partial charge on any atom is -0.322 e. The molecule has 0 spiro atoms. The number of nitrogens with one attached hydrogen (secondary N) is 1. The van der Waals surface area contributed by atoms with E-state index in [1.807, 2.05) is 49.4 Å². The number of amides is 1. The molecule has 0 radical (unpaired) electrons. The van der Waals surface area contributed by atoms with E-state index in [0.717, 1.165) is 20.4 Å². The Kier molecular flexibility index (Phi) is 4.82. The molecular weight excluding hydrogens is 373 g/mol. The number of rotatable bonds is 3. The van der Waals surface area contributed by atoms with Gasteiger partial charge in [-0.05, 0) is 52.8 Å². The van der Waals surface area contributed by atoms with Crippen molar-refractivity contribution in [3.8, 4) is 0 Å². The number of carbonyl (C=O) groups excluding carboxylic acids is 1. The van der Waals surface area contributed by atoms with Crippen LogP contribution < -0.4 is 5.32 Å². The highest BCUT2D eigenvalue weighted by Gasteiger charge is 2.12. The molecule has 4 heteroatoms. The van der Waals surface area contributed by atoms with Gasteiger partial charge in [-0.25, -0.2) is 0 Å². The van der Waals surface area contributed by atoms with Gasteiger partial charge in [-0.1, -0.05) is 30.3 Å². The molecule has 0 unspecified atom stereocenters. The summed E-state index contributed by atoms with van der Waals surface area (Å²) in [5, 5.41) is 2.92. The molecule has 2 aromatic rings. The largest absolute Gasteiger partial charge is 0.322 e. The summed E-state index contributed by atoms with van der Waals surface area (Å²) in [6.45, 7) is 1.99. The Morgan fingerprint density at radius 2 is 1.95 bits per heavy atom. The van der Waals surface area contributed by atoms with E-state index < -0.39 is 0 Å². The Bertz CT molecular complexity index is 613. The molecule has 0 saturated heterocycles. The van der Waals surface area contributed by atoms with Crippen molar-refractivity contribution in [3.63, 3.8) is 0 Å². The summed E-state index contributed by atoms with van der Waals surface area (Å²) >= 11 is 8.06. The van der Waals surface area contributed by atoms with Crippen LogP contribution in [-0.4, -0.2) is 5.91 Å². The van der Waals surface area contributed by atoms with Crippen LogP contribution in [0.1, 0.15) is 21.5 Å². The maximum Gasteiger partial charge on any atom is 0.256 e. The van der Waals surface area contributed by atoms with E-state index in [0.29, 0.717) is 11.4 Å². The number of carbonyl (C=O) groups is 1. The Morgan fingerprint density at radius 3 is 2.68 bits per heavy atom. The predicted molar refractivity (Wildman–Crippen MR) is 87.8 cm³/mol. The number of benzene rings is 2. The molecule has 0 aliphatic rings. The van der Waals surface area contributed by atoms with E-state index in [2.05, 4.69) is 27.9 Å². The maximum atomic E-state index is 12.3. The highest BCUT2D eigenvalue weighted by molar-refractivity contribution is 14.1. The second-order valence-corrected chi connectivity index (χ2v) is 5.53. The van der Waals surface area contributed by atoms with E-state index in [9.17, 15) is 4.79 Å². The number of halogens is 2. The summed E-state index contributed by atoms with van der Waals surface area (Å²) < 4.78 is 0.973. The molecule has 98 valence electrons. The fraction of sp³-hybridized carbons (Fsp3) is 0.133. The van der Waals surface area contributed by atoms with Crippen LogP contribution in [0.15, 0.2) is 42.5 Å². The van der Waals surface area contributed by atoms with Gasteiger partial charge in [-0.3, -0.25) is 4.79 Å². The molecule has 2 aromatic carbocycles. The lowest BCUT2D eigenvalue weighted by molar-refractivity contribution is 0.102. The third-order valence-electron chi connectivity index (χ3n) is 2.85. The molecule has 19 heavy (non-hydrogen) atoms. The van der Waals surface area contributed by atoms with E-state index in [1.54, 1.807) is 0 Å². The Hall–Kier alpha value is -1.07. The zero-order valence-electron chi connectivity index (χ0n) is 10.4. The van der Waals surface area contributed by atoms with E-state index in [-0.39, 0.29) is 5.91 Å². The molecular formula is C15H13ClINO. The smallest absolute Gasteiger partial charge is 0.256 e. The minimum atomic E-state index is -0.106. The van der Waals surface area contributed by atoms with Gasteiger partial charge in [-0.15, -0.1) is 11.6 Å². The number of hydrogen-bond acceptors (Lipinski definition) is 1. The predicted octanol–water partition coefficient (Wildman–Crippen LogP) is 4.59. The van der Waals surface area contributed by atoms with Gasteiger partial charge < -0.3 is 5.32 Å². The van der Waals surface area contributed by atoms with Crippen LogP contribution in [0.4, 0.5) is 5.69 Å². The van der Waals surface area contributed by atoms with Gasteiger partial charge in [0.25, 0.3) is 5.91 Å². The molecule has 1 N–H and O–H groups in total. The first-order valence-electron chi connectivity index (χ1n) is 5.84. The van der Waals surface area contributed by atoms with Crippen molar-refractivity contribution in [1.29, 1.82) is 0 Å². The van der Waals surface area contributed by atoms with Crippen LogP contribution in [0, 0.1) is 10.5 Å². The van der Waals surface area contributed by atoms with E-state index >= 15 is 0 Å². The molecule has 0 saturated carbocycles. The van der Waals surface area contributed by atoms with Crippen LogP contribution >= 0.6 is 34.2 Å². The summed E-state index contributed by atoms with van der Waals surface area (Å²) in [6.07, 6.45) is 0. The Labute approximate surface area is 131 Å². The summed E-state index contributed by atoms with van der Waals surface area (Å²) in [4.78, 5) is 12.3. The molecule has 0 bridgehead atoms. The molecule has 1 amide bonds. The fourth-order valence-corrected chi connectivity index (χ4v) is 2.61. The molecule has 0 atom stereocenters. The number of anilines is 1. The van der Waals surface area contributed by atoms with E-state index in [1.165, 1.54) is 0 Å². The topological polar surface area (TPSA) is 29.1 Å². The molecule has 0 aliphatic heterocycles. The highest BCUT2D eigenvalue weighted by Crippen LogP contribution is 2.21. The zero-order chi connectivity index (χ0) is 13.8. The molecule has 0 heterocycles. The van der Waals surface area contributed by atoms with Crippen LogP contribution in [0.5, 0.6) is 0 Å². The van der Waals surface area contributed by atoms with Crippen LogP contribution in [0.25, 0.3) is 0 Å². The second kappa shape index (κ2) is 6.39. The third kappa shape index (κ3) is 3.28. The Morgan fingerprint density at radius 1 is 1.21 bits per heavy atom. The van der Waals surface area contributed by atoms with Crippen molar-refractivity contribution in [2.45, 2.75) is 12.8 Å². The van der Waals surface area contributed by atoms with Crippen molar-refractivity contribution in [3.05, 3.63) is 62.7 Å². The van der Waals surface area contributed by atoms with Crippen molar-refractivity contribution in [1.82, 2.24) is 0 Å². The van der Waals surface area contributed by atoms with Gasteiger partial charge in [0, 0.05) is 15.1 Å². The van der Waals surface area contributed by atoms with E-state index in [4.69, 9.17) is 11.6 Å². The van der Waals surface area contributed by atoms with Gasteiger partial charge >= 0.3 is 0 Å². The van der Waals surface area contributed by atoms with Crippen LogP contribution in [-0.2, 0) is 5.88 Å². The number of aryl methyl sites for hydroxylation is 1. The summed E-state index contributed by atoms with van der Waals surface area (Å²) in [6, 6.07) is 13.3. The van der Waals surface area contributed by atoms with Gasteiger partial charge in [0.05, 0.1) is 5.56 Å². The fourth-order valence-electron chi connectivity index (χ4n) is 1.77. The summed E-state index contributed by atoms with van der Waals surface area (Å²) in [7, 11) is 0. The minimum absolute atomic E-state index is 0.106. The van der Waals surface area contributed by atoms with Crippen LogP contribution in [0.2, 0.25) is 0 Å². The van der Waals surface area contributed by atoms with Gasteiger partial charge in [0.15, 0.2) is 0 Å². The zero-order valence-corrected chi connectivity index (χ0v) is 13.3. The number of hydrogen-bond donors (Lipinski definition) is 1. The molecule has 0 fully saturated rings. The normalized spacial score (nSPS) is 10.3. The van der Waals surface area contributed by atoms with Crippen LogP contribution in [0.3, 0.4) is 0 Å². The molecule has 0 aliphatic carbocycles. The molecule has 0 aromatic heterocycles. The first-order valence-corrected chi connectivity index (χ1v) is 7.45.